The van der Waals surface area contributed by atoms with Crippen LogP contribution in [0, 0.1) is 11.3 Å². The summed E-state index contributed by atoms with van der Waals surface area (Å²) < 4.78 is 33.1. The summed E-state index contributed by atoms with van der Waals surface area (Å²) in [5, 5.41) is 11.6. The first kappa shape index (κ1) is 17.6. The third kappa shape index (κ3) is 6.33. The van der Waals surface area contributed by atoms with Crippen LogP contribution in [0.2, 0.25) is 0 Å². The molecule has 118 valence electrons. The molecule has 0 bridgehead atoms. The lowest BCUT2D eigenvalue weighted by Gasteiger charge is -2.05. The standard InChI is InChI=1S/C15H16F2N2O3/c1-21-8-2-7-19-14(20)12(10-18)9-11-3-5-13(6-4-11)22-15(16)17/h3-6,9,15H,2,7-8H2,1H3,(H,19,20). The molecular weight excluding hydrogens is 294 g/mol. The van der Waals surface area contributed by atoms with Crippen LogP contribution in [0.25, 0.3) is 6.08 Å². The minimum absolute atomic E-state index is 0.00896. The van der Waals surface area contributed by atoms with E-state index >= 15 is 0 Å². The summed E-state index contributed by atoms with van der Waals surface area (Å²) in [6, 6.07) is 7.44. The van der Waals surface area contributed by atoms with Gasteiger partial charge < -0.3 is 14.8 Å². The van der Waals surface area contributed by atoms with Crippen LogP contribution < -0.4 is 10.1 Å². The number of hydrogen-bond donors (Lipinski definition) is 1. The van der Waals surface area contributed by atoms with Gasteiger partial charge in [-0.2, -0.15) is 14.0 Å². The Morgan fingerprint density at radius 3 is 2.64 bits per heavy atom. The van der Waals surface area contributed by atoms with E-state index in [1.54, 1.807) is 13.2 Å². The Morgan fingerprint density at radius 2 is 2.09 bits per heavy atom. The van der Waals surface area contributed by atoms with Gasteiger partial charge in [0.15, 0.2) is 0 Å². The lowest BCUT2D eigenvalue weighted by atomic mass is 10.1. The molecule has 1 amide bonds. The van der Waals surface area contributed by atoms with Gasteiger partial charge in [-0.15, -0.1) is 0 Å². The summed E-state index contributed by atoms with van der Waals surface area (Å²) >= 11 is 0. The minimum atomic E-state index is -2.89. The van der Waals surface area contributed by atoms with Crippen LogP contribution in [0.4, 0.5) is 8.78 Å². The summed E-state index contributed by atoms with van der Waals surface area (Å²) in [5.74, 6) is -0.485. The highest BCUT2D eigenvalue weighted by Crippen LogP contribution is 2.16. The largest absolute Gasteiger partial charge is 0.435 e. The number of rotatable bonds is 8. The molecule has 0 aliphatic heterocycles. The SMILES string of the molecule is COCCCNC(=O)C(C#N)=Cc1ccc(OC(F)F)cc1. The zero-order valence-electron chi connectivity index (χ0n) is 12.0. The molecule has 0 aliphatic rings. The van der Waals surface area contributed by atoms with Crippen LogP contribution >= 0.6 is 0 Å². The maximum atomic E-state index is 12.0. The second-order valence-corrected chi connectivity index (χ2v) is 4.22. The smallest absolute Gasteiger partial charge is 0.387 e. The number of halogens is 2. The number of nitrogens with one attached hydrogen (secondary N) is 1. The van der Waals surface area contributed by atoms with Crippen molar-refractivity contribution in [2.75, 3.05) is 20.3 Å². The Kier molecular flexibility index (Phi) is 7.57. The second kappa shape index (κ2) is 9.47. The molecule has 0 saturated carbocycles. The third-order valence-corrected chi connectivity index (χ3v) is 2.59. The van der Waals surface area contributed by atoms with Gasteiger partial charge in [0.1, 0.15) is 17.4 Å². The van der Waals surface area contributed by atoms with Crippen molar-refractivity contribution < 1.29 is 23.0 Å². The van der Waals surface area contributed by atoms with E-state index < -0.39 is 12.5 Å². The molecule has 0 aliphatic carbocycles. The Labute approximate surface area is 127 Å². The van der Waals surface area contributed by atoms with Crippen molar-refractivity contribution in [2.24, 2.45) is 0 Å². The first-order valence-electron chi connectivity index (χ1n) is 6.50. The normalized spacial score (nSPS) is 11.1. The lowest BCUT2D eigenvalue weighted by Crippen LogP contribution is -2.26. The van der Waals surface area contributed by atoms with E-state index in [0.717, 1.165) is 0 Å². The van der Waals surface area contributed by atoms with Crippen LogP contribution in [-0.4, -0.2) is 32.8 Å². The molecule has 1 N–H and O–H groups in total. The summed E-state index contributed by atoms with van der Waals surface area (Å²) in [6.45, 7) is -1.99. The van der Waals surface area contributed by atoms with E-state index in [0.29, 0.717) is 25.1 Å². The third-order valence-electron chi connectivity index (χ3n) is 2.59. The molecule has 0 radical (unpaired) electrons. The maximum Gasteiger partial charge on any atom is 0.387 e. The van der Waals surface area contributed by atoms with Crippen molar-refractivity contribution in [2.45, 2.75) is 13.0 Å². The first-order valence-corrected chi connectivity index (χ1v) is 6.50. The van der Waals surface area contributed by atoms with E-state index in [1.807, 2.05) is 0 Å². The number of nitrogens with zero attached hydrogens (tertiary/aromatic N) is 1. The fourth-order valence-electron chi connectivity index (χ4n) is 1.57. The van der Waals surface area contributed by atoms with Gasteiger partial charge in [0, 0.05) is 20.3 Å². The van der Waals surface area contributed by atoms with Crippen LogP contribution in [0.1, 0.15) is 12.0 Å². The zero-order valence-corrected chi connectivity index (χ0v) is 12.0. The molecule has 0 unspecified atom stereocenters. The zero-order chi connectivity index (χ0) is 16.4. The molecule has 0 atom stereocenters. The van der Waals surface area contributed by atoms with E-state index in [9.17, 15) is 13.6 Å². The molecule has 22 heavy (non-hydrogen) atoms. The maximum absolute atomic E-state index is 12.0. The number of alkyl halides is 2. The molecule has 0 spiro atoms. The molecule has 7 heteroatoms. The highest BCUT2D eigenvalue weighted by atomic mass is 19.3. The monoisotopic (exact) mass is 310 g/mol. The Balaban J connectivity index is 2.67. The summed E-state index contributed by atoms with van der Waals surface area (Å²) in [5.41, 5.74) is 0.463. The van der Waals surface area contributed by atoms with Crippen molar-refractivity contribution in [1.82, 2.24) is 5.32 Å². The number of benzene rings is 1. The van der Waals surface area contributed by atoms with Crippen molar-refractivity contribution in [3.05, 3.63) is 35.4 Å². The highest BCUT2D eigenvalue weighted by Gasteiger charge is 2.08. The van der Waals surface area contributed by atoms with Crippen LogP contribution in [0.3, 0.4) is 0 Å². The average Bonchev–Trinajstić information content (AvgIpc) is 2.50. The Morgan fingerprint density at radius 1 is 1.41 bits per heavy atom. The summed E-state index contributed by atoms with van der Waals surface area (Å²) in [7, 11) is 1.56. The van der Waals surface area contributed by atoms with Gasteiger partial charge in [0.2, 0.25) is 0 Å². The van der Waals surface area contributed by atoms with Crippen molar-refractivity contribution in [3.63, 3.8) is 0 Å². The predicted octanol–water partition coefficient (Wildman–Crippen LogP) is 2.35. The van der Waals surface area contributed by atoms with Gasteiger partial charge in [-0.25, -0.2) is 0 Å². The van der Waals surface area contributed by atoms with Gasteiger partial charge in [0.25, 0.3) is 5.91 Å². The van der Waals surface area contributed by atoms with Gasteiger partial charge in [0.05, 0.1) is 0 Å². The molecule has 1 aromatic rings. The molecule has 0 saturated heterocycles. The van der Waals surface area contributed by atoms with E-state index in [2.05, 4.69) is 10.1 Å². The lowest BCUT2D eigenvalue weighted by molar-refractivity contribution is -0.117. The number of nitriles is 1. The molecule has 5 nitrogen and oxygen atoms in total. The van der Waals surface area contributed by atoms with Crippen molar-refractivity contribution in [1.29, 1.82) is 5.26 Å². The second-order valence-electron chi connectivity index (χ2n) is 4.22. The topological polar surface area (TPSA) is 71.3 Å². The van der Waals surface area contributed by atoms with Gasteiger partial charge in [-0.1, -0.05) is 12.1 Å². The fourth-order valence-corrected chi connectivity index (χ4v) is 1.57. The number of carbonyl (C=O) groups excluding carboxylic acids is 1. The number of hydrogen-bond acceptors (Lipinski definition) is 4. The summed E-state index contributed by atoms with van der Waals surface area (Å²) in [4.78, 5) is 11.8. The number of amides is 1. The van der Waals surface area contributed by atoms with Gasteiger partial charge >= 0.3 is 6.61 Å². The molecular formula is C15H16F2N2O3. The predicted molar refractivity (Wildman–Crippen MR) is 76.2 cm³/mol. The molecule has 0 aromatic heterocycles. The van der Waals surface area contributed by atoms with E-state index in [4.69, 9.17) is 10.00 Å². The Hall–Kier alpha value is -2.46. The van der Waals surface area contributed by atoms with Gasteiger partial charge in [-0.05, 0) is 30.2 Å². The van der Waals surface area contributed by atoms with Crippen molar-refractivity contribution in [3.8, 4) is 11.8 Å². The quantitative estimate of drug-likeness (QED) is 0.454. The highest BCUT2D eigenvalue weighted by molar-refractivity contribution is 6.01. The minimum Gasteiger partial charge on any atom is -0.435 e. The van der Waals surface area contributed by atoms with Crippen LogP contribution in [0.5, 0.6) is 5.75 Å². The fraction of sp³-hybridized carbons (Fsp3) is 0.333. The average molecular weight is 310 g/mol. The summed E-state index contributed by atoms with van der Waals surface area (Å²) in [6.07, 6.45) is 2.01. The number of ether oxygens (including phenoxy) is 2. The van der Waals surface area contributed by atoms with Gasteiger partial charge in [-0.3, -0.25) is 4.79 Å². The van der Waals surface area contributed by atoms with Crippen molar-refractivity contribution >= 4 is 12.0 Å². The molecule has 0 heterocycles. The molecule has 1 aromatic carbocycles. The van der Waals surface area contributed by atoms with E-state index in [-0.39, 0.29) is 11.3 Å². The number of methoxy groups -OCH3 is 1. The number of carbonyl (C=O) groups is 1. The first-order chi connectivity index (χ1) is 10.6. The van der Waals surface area contributed by atoms with Crippen LogP contribution in [0.15, 0.2) is 29.8 Å². The Bertz CT molecular complexity index is 551. The molecule has 0 fully saturated rings. The molecule has 1 rings (SSSR count). The van der Waals surface area contributed by atoms with Crippen LogP contribution in [-0.2, 0) is 9.53 Å². The van der Waals surface area contributed by atoms with E-state index in [1.165, 1.54) is 30.3 Å².